The second-order valence-corrected chi connectivity index (χ2v) is 13.4. The second-order valence-electron chi connectivity index (χ2n) is 10.5. The van der Waals surface area contributed by atoms with E-state index in [0.717, 1.165) is 69.9 Å². The van der Waals surface area contributed by atoms with Crippen molar-refractivity contribution in [2.45, 2.75) is 54.9 Å². The molecule has 1 saturated carbocycles. The molecule has 0 unspecified atom stereocenters. The molecule has 0 bridgehead atoms. The fourth-order valence-electron chi connectivity index (χ4n) is 5.76. The Labute approximate surface area is 244 Å². The number of sulfonamides is 1. The van der Waals surface area contributed by atoms with Crippen LogP contribution >= 0.6 is 11.3 Å². The van der Waals surface area contributed by atoms with E-state index in [9.17, 15) is 18.0 Å². The standard InChI is InChI=1S/C30H34N4O5S2/c1-34(41(37,38)25-13-17-40-27(25)29(36)39-2)24(18-21-19-32-23-11-5-4-10-22(21)23)28(35)33-20-30(14-7-3-8-15-30)26-12-6-9-16-31-26/h4-6,9-13,16-17,19,24,32H,3,7-8,14-15,18,20H2,1-2H3,(H,33,35)/t24-/m0/s1. The van der Waals surface area contributed by atoms with E-state index in [2.05, 4.69) is 15.3 Å². The van der Waals surface area contributed by atoms with Gasteiger partial charge in [0, 0.05) is 54.4 Å². The SMILES string of the molecule is COC(=O)c1sccc1S(=O)(=O)N(C)[C@@H](Cc1c[nH]c2ccccc12)C(=O)NCC1(c2ccccn2)CCCCC1. The van der Waals surface area contributed by atoms with Gasteiger partial charge in [-0.05, 0) is 48.1 Å². The van der Waals surface area contributed by atoms with E-state index in [1.54, 1.807) is 6.20 Å². The van der Waals surface area contributed by atoms with E-state index in [4.69, 9.17) is 4.74 Å². The van der Waals surface area contributed by atoms with Crippen LogP contribution in [0.5, 0.6) is 0 Å². The highest BCUT2D eigenvalue weighted by Crippen LogP contribution is 2.38. The van der Waals surface area contributed by atoms with Crippen LogP contribution in [0.3, 0.4) is 0 Å². The van der Waals surface area contributed by atoms with Crippen LogP contribution in [0.4, 0.5) is 0 Å². The fraction of sp³-hybridized carbons (Fsp3) is 0.367. The Hall–Kier alpha value is -3.54. The van der Waals surface area contributed by atoms with Gasteiger partial charge >= 0.3 is 5.97 Å². The second kappa shape index (κ2) is 12.1. The number of amides is 1. The first kappa shape index (κ1) is 29.0. The molecule has 11 heteroatoms. The first-order valence-electron chi connectivity index (χ1n) is 13.6. The zero-order valence-electron chi connectivity index (χ0n) is 23.1. The lowest BCUT2D eigenvalue weighted by Gasteiger charge is -2.37. The van der Waals surface area contributed by atoms with E-state index < -0.39 is 27.9 Å². The number of hydrogen-bond acceptors (Lipinski definition) is 7. The molecule has 1 atom stereocenters. The van der Waals surface area contributed by atoms with Crippen molar-refractivity contribution < 1.29 is 22.7 Å². The number of fused-ring (bicyclic) bond motifs is 1. The molecule has 9 nitrogen and oxygen atoms in total. The zero-order valence-corrected chi connectivity index (χ0v) is 24.8. The number of ether oxygens (including phenoxy) is 1. The van der Waals surface area contributed by atoms with Gasteiger partial charge in [-0.25, -0.2) is 13.2 Å². The van der Waals surface area contributed by atoms with E-state index in [1.807, 2.05) is 48.7 Å². The summed E-state index contributed by atoms with van der Waals surface area (Å²) in [5, 5.41) is 5.56. The Balaban J connectivity index is 1.48. The van der Waals surface area contributed by atoms with Crippen molar-refractivity contribution in [2.24, 2.45) is 0 Å². The number of thiophene rings is 1. The topological polar surface area (TPSA) is 121 Å². The number of H-pyrrole nitrogens is 1. The first-order chi connectivity index (χ1) is 19.8. The van der Waals surface area contributed by atoms with Gasteiger partial charge < -0.3 is 15.0 Å². The number of methoxy groups -OCH3 is 1. The number of pyridine rings is 1. The molecule has 2 N–H and O–H groups in total. The molecule has 216 valence electrons. The van der Waals surface area contributed by atoms with Gasteiger partial charge in [0.05, 0.1) is 7.11 Å². The van der Waals surface area contributed by atoms with E-state index in [1.165, 1.54) is 25.6 Å². The summed E-state index contributed by atoms with van der Waals surface area (Å²) in [6.07, 6.45) is 8.71. The highest BCUT2D eigenvalue weighted by atomic mass is 32.2. The Morgan fingerprint density at radius 3 is 2.61 bits per heavy atom. The molecule has 0 spiro atoms. The van der Waals surface area contributed by atoms with Gasteiger partial charge in [-0.3, -0.25) is 9.78 Å². The van der Waals surface area contributed by atoms with Crippen LogP contribution in [0.2, 0.25) is 0 Å². The zero-order chi connectivity index (χ0) is 29.0. The van der Waals surface area contributed by atoms with E-state index in [-0.39, 0.29) is 21.6 Å². The number of aromatic amines is 1. The highest BCUT2D eigenvalue weighted by molar-refractivity contribution is 7.89. The number of esters is 1. The third-order valence-corrected chi connectivity index (χ3v) is 11.0. The van der Waals surface area contributed by atoms with Gasteiger partial charge in [-0.15, -0.1) is 11.3 Å². The molecule has 0 radical (unpaired) electrons. The minimum Gasteiger partial charge on any atom is -0.465 e. The van der Waals surface area contributed by atoms with Crippen LogP contribution in [-0.4, -0.2) is 61.3 Å². The lowest BCUT2D eigenvalue weighted by Crippen LogP contribution is -2.52. The summed E-state index contributed by atoms with van der Waals surface area (Å²) in [4.78, 5) is 34.0. The number of aromatic nitrogens is 2. The Morgan fingerprint density at radius 1 is 1.12 bits per heavy atom. The smallest absolute Gasteiger partial charge is 0.349 e. The highest BCUT2D eigenvalue weighted by Gasteiger charge is 2.39. The summed E-state index contributed by atoms with van der Waals surface area (Å²) in [5.74, 6) is -1.14. The van der Waals surface area contributed by atoms with Gasteiger partial charge in [0.15, 0.2) is 0 Å². The van der Waals surface area contributed by atoms with Gasteiger partial charge in [0.1, 0.15) is 15.8 Å². The van der Waals surface area contributed by atoms with Crippen LogP contribution in [0.1, 0.15) is 53.0 Å². The van der Waals surface area contributed by atoms with Crippen LogP contribution in [0.15, 0.2) is 71.2 Å². The minimum atomic E-state index is -4.23. The summed E-state index contributed by atoms with van der Waals surface area (Å²) in [5.41, 5.74) is 2.34. The molecule has 4 aromatic rings. The maximum Gasteiger partial charge on any atom is 0.349 e. The Morgan fingerprint density at radius 2 is 1.88 bits per heavy atom. The maximum atomic E-state index is 14.0. The van der Waals surface area contributed by atoms with Crippen molar-refractivity contribution in [1.29, 1.82) is 0 Å². The van der Waals surface area contributed by atoms with Crippen molar-refractivity contribution >= 4 is 44.1 Å². The largest absolute Gasteiger partial charge is 0.465 e. The normalized spacial score (nSPS) is 16.0. The summed E-state index contributed by atoms with van der Waals surface area (Å²) in [6, 6.07) is 13.8. The van der Waals surface area contributed by atoms with E-state index in [0.29, 0.717) is 6.54 Å². The Bertz CT molecular complexity index is 1620. The third-order valence-electron chi connectivity index (χ3n) is 8.11. The molecular weight excluding hydrogens is 560 g/mol. The summed E-state index contributed by atoms with van der Waals surface area (Å²) >= 11 is 0.987. The fourth-order valence-corrected chi connectivity index (χ4v) is 8.39. The molecule has 0 aliphatic heterocycles. The predicted octanol–water partition coefficient (Wildman–Crippen LogP) is 4.66. The molecule has 1 aromatic carbocycles. The summed E-state index contributed by atoms with van der Waals surface area (Å²) in [6.45, 7) is 0.354. The van der Waals surface area contributed by atoms with Gasteiger partial charge in [0.25, 0.3) is 0 Å². The van der Waals surface area contributed by atoms with Crippen molar-refractivity contribution in [3.05, 3.63) is 82.4 Å². The lowest BCUT2D eigenvalue weighted by molar-refractivity contribution is -0.125. The number of carbonyl (C=O) groups is 2. The van der Waals surface area contributed by atoms with Crippen molar-refractivity contribution in [1.82, 2.24) is 19.6 Å². The van der Waals surface area contributed by atoms with Crippen molar-refractivity contribution in [2.75, 3.05) is 20.7 Å². The molecular formula is C30H34N4O5S2. The molecule has 0 saturated heterocycles. The number of nitrogens with one attached hydrogen (secondary N) is 2. The molecule has 3 heterocycles. The van der Waals surface area contributed by atoms with Crippen molar-refractivity contribution in [3.8, 4) is 0 Å². The van der Waals surface area contributed by atoms with Gasteiger partial charge in [0.2, 0.25) is 15.9 Å². The lowest BCUT2D eigenvalue weighted by atomic mass is 9.71. The average Bonchev–Trinajstić information content (AvgIpc) is 3.67. The first-order valence-corrected chi connectivity index (χ1v) is 16.0. The molecule has 1 amide bonds. The predicted molar refractivity (Wildman–Crippen MR) is 158 cm³/mol. The van der Waals surface area contributed by atoms with Crippen LogP contribution in [0.25, 0.3) is 10.9 Å². The molecule has 5 rings (SSSR count). The summed E-state index contributed by atoms with van der Waals surface area (Å²) < 4.78 is 33.7. The number of para-hydroxylation sites is 1. The van der Waals surface area contributed by atoms with Crippen LogP contribution in [0, 0.1) is 0 Å². The number of nitrogens with zero attached hydrogens (tertiary/aromatic N) is 2. The quantitative estimate of drug-likeness (QED) is 0.258. The number of rotatable bonds is 10. The van der Waals surface area contributed by atoms with Crippen molar-refractivity contribution in [3.63, 3.8) is 0 Å². The summed E-state index contributed by atoms with van der Waals surface area (Å²) in [7, 11) is -1.64. The van der Waals surface area contributed by atoms with Crippen LogP contribution in [-0.2, 0) is 31.4 Å². The number of likely N-dealkylation sites (N-methyl/N-ethyl adjacent to an activating group) is 1. The number of benzene rings is 1. The monoisotopic (exact) mass is 594 g/mol. The third kappa shape index (κ3) is 5.79. The molecule has 41 heavy (non-hydrogen) atoms. The van der Waals surface area contributed by atoms with E-state index >= 15 is 0 Å². The van der Waals surface area contributed by atoms with Crippen LogP contribution < -0.4 is 5.32 Å². The number of carbonyl (C=O) groups excluding carboxylic acids is 2. The molecule has 1 aliphatic rings. The van der Waals surface area contributed by atoms with Gasteiger partial charge in [-0.2, -0.15) is 4.31 Å². The molecule has 3 aromatic heterocycles. The molecule has 1 aliphatic carbocycles. The maximum absolute atomic E-state index is 14.0. The molecule has 1 fully saturated rings. The van der Waals surface area contributed by atoms with Gasteiger partial charge in [-0.1, -0.05) is 43.5 Å². The average molecular weight is 595 g/mol. The number of hydrogen-bond donors (Lipinski definition) is 2. The Kier molecular flexibility index (Phi) is 8.58. The minimum absolute atomic E-state index is 0.0260.